The number of hydrogen-bond acceptors (Lipinski definition) is 4. The Hall–Kier alpha value is -2.34. The fraction of sp³-hybridized carbons (Fsp3) is 0.176. The van der Waals surface area contributed by atoms with Gasteiger partial charge >= 0.3 is 0 Å². The van der Waals surface area contributed by atoms with E-state index in [9.17, 15) is 4.79 Å². The molecule has 5 nitrogen and oxygen atoms in total. The molecule has 0 aliphatic rings. The summed E-state index contributed by atoms with van der Waals surface area (Å²) in [5.41, 5.74) is 5.38. The number of nitrogens with one attached hydrogen (secondary N) is 2. The zero-order valence-electron chi connectivity index (χ0n) is 13.1. The first kappa shape index (κ1) is 17.0. The third-order valence-corrected chi connectivity index (χ3v) is 3.72. The zero-order chi connectivity index (χ0) is 16.7. The topological polar surface area (TPSA) is 56.7 Å². The molecule has 0 aliphatic carbocycles. The van der Waals surface area contributed by atoms with Crippen LogP contribution in [0.3, 0.4) is 0 Å². The van der Waals surface area contributed by atoms with Gasteiger partial charge in [-0.05, 0) is 45.8 Å². The molecule has 2 N–H and O–H groups in total. The molecule has 0 atom stereocenters. The Morgan fingerprint density at radius 1 is 1.22 bits per heavy atom. The quantitative estimate of drug-likeness (QED) is 0.603. The molecule has 0 fully saturated rings. The number of nitrogens with zero attached hydrogens (tertiary/aromatic N) is 2. The van der Waals surface area contributed by atoms with Crippen LogP contribution in [-0.2, 0) is 4.79 Å². The number of halogens is 1. The maximum Gasteiger partial charge on any atom is 0.259 e. The summed E-state index contributed by atoms with van der Waals surface area (Å²) in [4.78, 5) is 13.7. The first-order valence-electron chi connectivity index (χ1n) is 7.14. The highest BCUT2D eigenvalue weighted by Crippen LogP contribution is 2.25. The van der Waals surface area contributed by atoms with Gasteiger partial charge in [0.05, 0.1) is 18.4 Å². The highest BCUT2D eigenvalue weighted by atomic mass is 79.9. The standard InChI is InChI=1S/C17H19BrN4O/c1-22(2)16-9-8-13(10-15(16)18)11-20-21-17(23)12-19-14-6-4-3-5-7-14/h3-11,19H,12H2,1-2H3,(H,21,23)/b20-11-. The molecule has 2 aromatic rings. The fourth-order valence-electron chi connectivity index (χ4n) is 1.92. The molecule has 1 amide bonds. The Bertz CT molecular complexity index is 686. The van der Waals surface area contributed by atoms with Crippen molar-refractivity contribution in [2.24, 2.45) is 5.10 Å². The second kappa shape index (κ2) is 8.33. The van der Waals surface area contributed by atoms with Gasteiger partial charge in [0.15, 0.2) is 0 Å². The summed E-state index contributed by atoms with van der Waals surface area (Å²) < 4.78 is 0.975. The van der Waals surface area contributed by atoms with Crippen LogP contribution in [0, 0.1) is 0 Å². The van der Waals surface area contributed by atoms with Crippen LogP contribution in [0.15, 0.2) is 58.1 Å². The maximum absolute atomic E-state index is 11.7. The predicted octanol–water partition coefficient (Wildman–Crippen LogP) is 3.08. The molecule has 0 unspecified atom stereocenters. The third-order valence-electron chi connectivity index (χ3n) is 3.08. The van der Waals surface area contributed by atoms with Crippen LogP contribution in [0.25, 0.3) is 0 Å². The van der Waals surface area contributed by atoms with Gasteiger partial charge in [0.25, 0.3) is 5.91 Å². The van der Waals surface area contributed by atoms with Crippen LogP contribution < -0.4 is 15.6 Å². The molecule has 0 aromatic heterocycles. The van der Waals surface area contributed by atoms with Crippen LogP contribution in [-0.4, -0.2) is 32.8 Å². The largest absolute Gasteiger partial charge is 0.377 e. The van der Waals surface area contributed by atoms with E-state index < -0.39 is 0 Å². The van der Waals surface area contributed by atoms with Gasteiger partial charge in [0.2, 0.25) is 0 Å². The summed E-state index contributed by atoms with van der Waals surface area (Å²) >= 11 is 3.52. The second-order valence-electron chi connectivity index (χ2n) is 5.12. The Morgan fingerprint density at radius 3 is 2.61 bits per heavy atom. The minimum Gasteiger partial charge on any atom is -0.377 e. The molecule has 2 rings (SSSR count). The first-order valence-corrected chi connectivity index (χ1v) is 7.93. The van der Waals surface area contributed by atoms with Gasteiger partial charge in [0, 0.05) is 24.3 Å². The Balaban J connectivity index is 1.84. The molecule has 6 heteroatoms. The molecule has 0 heterocycles. The van der Waals surface area contributed by atoms with E-state index in [0.717, 1.165) is 21.4 Å². The molecule has 2 aromatic carbocycles. The molecular formula is C17H19BrN4O. The highest BCUT2D eigenvalue weighted by Gasteiger charge is 2.02. The van der Waals surface area contributed by atoms with Crippen molar-refractivity contribution in [2.45, 2.75) is 0 Å². The second-order valence-corrected chi connectivity index (χ2v) is 5.97. The monoisotopic (exact) mass is 374 g/mol. The predicted molar refractivity (Wildman–Crippen MR) is 99.1 cm³/mol. The Kier molecular flexibility index (Phi) is 6.17. The van der Waals surface area contributed by atoms with E-state index in [1.807, 2.05) is 67.5 Å². The minimum atomic E-state index is -0.200. The lowest BCUT2D eigenvalue weighted by molar-refractivity contribution is -0.119. The van der Waals surface area contributed by atoms with E-state index in [-0.39, 0.29) is 12.5 Å². The molecule has 0 bridgehead atoms. The number of amides is 1. The first-order chi connectivity index (χ1) is 11.1. The number of anilines is 2. The molecule has 0 saturated heterocycles. The lowest BCUT2D eigenvalue weighted by Gasteiger charge is -2.14. The summed E-state index contributed by atoms with van der Waals surface area (Å²) in [6.45, 7) is 0.171. The van der Waals surface area contributed by atoms with E-state index in [4.69, 9.17) is 0 Å². The normalized spacial score (nSPS) is 10.6. The SMILES string of the molecule is CN(C)c1ccc(/C=N\NC(=O)CNc2ccccc2)cc1Br. The summed E-state index contributed by atoms with van der Waals surface area (Å²) in [6, 6.07) is 15.4. The molecular weight excluding hydrogens is 356 g/mol. The Morgan fingerprint density at radius 2 is 1.96 bits per heavy atom. The van der Waals surface area contributed by atoms with Crippen LogP contribution in [0.2, 0.25) is 0 Å². The molecule has 23 heavy (non-hydrogen) atoms. The summed E-state index contributed by atoms with van der Waals surface area (Å²) in [7, 11) is 3.96. The smallest absolute Gasteiger partial charge is 0.259 e. The number of rotatable bonds is 6. The van der Waals surface area contributed by atoms with Crippen LogP contribution in [0.1, 0.15) is 5.56 Å². The van der Waals surface area contributed by atoms with E-state index in [0.29, 0.717) is 0 Å². The Labute approximate surface area is 144 Å². The van der Waals surface area contributed by atoms with Gasteiger partial charge in [-0.15, -0.1) is 0 Å². The van der Waals surface area contributed by atoms with Crippen molar-refractivity contribution < 1.29 is 4.79 Å². The van der Waals surface area contributed by atoms with Crippen molar-refractivity contribution in [1.29, 1.82) is 0 Å². The minimum absolute atomic E-state index is 0.171. The van der Waals surface area contributed by atoms with E-state index in [2.05, 4.69) is 31.8 Å². The number of para-hydroxylation sites is 1. The summed E-state index contributed by atoms with van der Waals surface area (Å²) in [6.07, 6.45) is 1.62. The van der Waals surface area contributed by atoms with Crippen LogP contribution >= 0.6 is 15.9 Å². The molecule has 0 radical (unpaired) electrons. The van der Waals surface area contributed by atoms with Gasteiger partial charge in [-0.25, -0.2) is 5.43 Å². The number of carbonyl (C=O) groups excluding carboxylic acids is 1. The average Bonchev–Trinajstić information content (AvgIpc) is 2.53. The third kappa shape index (κ3) is 5.41. The lowest BCUT2D eigenvalue weighted by Crippen LogP contribution is -2.25. The highest BCUT2D eigenvalue weighted by molar-refractivity contribution is 9.10. The molecule has 0 spiro atoms. The van der Waals surface area contributed by atoms with Crippen molar-refractivity contribution >= 4 is 39.4 Å². The lowest BCUT2D eigenvalue weighted by atomic mass is 10.2. The summed E-state index contributed by atoms with van der Waals surface area (Å²) in [5.74, 6) is -0.200. The number of benzene rings is 2. The fourth-order valence-corrected chi connectivity index (χ4v) is 2.67. The van der Waals surface area contributed by atoms with Gasteiger partial charge in [0.1, 0.15) is 0 Å². The van der Waals surface area contributed by atoms with E-state index >= 15 is 0 Å². The van der Waals surface area contributed by atoms with Gasteiger partial charge in [-0.3, -0.25) is 4.79 Å². The molecule has 0 saturated carbocycles. The van der Waals surface area contributed by atoms with Crippen LogP contribution in [0.4, 0.5) is 11.4 Å². The number of carbonyl (C=O) groups is 1. The van der Waals surface area contributed by atoms with Crippen molar-refractivity contribution in [3.05, 3.63) is 58.6 Å². The van der Waals surface area contributed by atoms with Crippen molar-refractivity contribution in [2.75, 3.05) is 30.9 Å². The van der Waals surface area contributed by atoms with E-state index in [1.165, 1.54) is 0 Å². The van der Waals surface area contributed by atoms with Gasteiger partial charge < -0.3 is 10.2 Å². The number of hydrogen-bond donors (Lipinski definition) is 2. The average molecular weight is 375 g/mol. The maximum atomic E-state index is 11.7. The zero-order valence-corrected chi connectivity index (χ0v) is 14.7. The molecule has 0 aliphatic heterocycles. The van der Waals surface area contributed by atoms with Crippen molar-refractivity contribution in [3.63, 3.8) is 0 Å². The number of hydrazone groups is 1. The molecule has 120 valence electrons. The van der Waals surface area contributed by atoms with Crippen molar-refractivity contribution in [3.8, 4) is 0 Å². The summed E-state index contributed by atoms with van der Waals surface area (Å²) in [5, 5.41) is 6.99. The van der Waals surface area contributed by atoms with E-state index in [1.54, 1.807) is 6.21 Å². The van der Waals surface area contributed by atoms with Crippen molar-refractivity contribution in [1.82, 2.24) is 5.43 Å². The van der Waals surface area contributed by atoms with Gasteiger partial charge in [-0.2, -0.15) is 5.10 Å². The van der Waals surface area contributed by atoms with Crippen LogP contribution in [0.5, 0.6) is 0 Å². The van der Waals surface area contributed by atoms with Gasteiger partial charge in [-0.1, -0.05) is 24.3 Å².